The summed E-state index contributed by atoms with van der Waals surface area (Å²) in [6.45, 7) is 2.24. The van der Waals surface area contributed by atoms with Gasteiger partial charge in [0.2, 0.25) is 0 Å². The van der Waals surface area contributed by atoms with Crippen LogP contribution in [0.1, 0.15) is 67.5 Å². The molecular formula is C19H26O3. The van der Waals surface area contributed by atoms with Gasteiger partial charge in [-0.1, -0.05) is 44.7 Å². The van der Waals surface area contributed by atoms with Crippen LogP contribution in [0.25, 0.3) is 0 Å². The molecule has 120 valence electrons. The molecule has 3 heteroatoms. The highest BCUT2D eigenvalue weighted by atomic mass is 16.5. The summed E-state index contributed by atoms with van der Waals surface area (Å²) in [5.74, 6) is 0.978. The maximum atomic E-state index is 11.5. The minimum absolute atomic E-state index is 0.0110. The summed E-state index contributed by atoms with van der Waals surface area (Å²) in [6, 6.07) is 7.24. The number of ether oxygens (including phenoxy) is 1. The monoisotopic (exact) mass is 302 g/mol. The molecule has 0 aromatic heterocycles. The van der Waals surface area contributed by atoms with E-state index in [1.165, 1.54) is 45.6 Å². The van der Waals surface area contributed by atoms with Crippen molar-refractivity contribution < 1.29 is 14.6 Å². The van der Waals surface area contributed by atoms with Crippen molar-refractivity contribution in [2.45, 2.75) is 51.6 Å². The molecule has 1 aromatic rings. The van der Waals surface area contributed by atoms with Crippen molar-refractivity contribution in [3.05, 3.63) is 35.4 Å². The SMILES string of the molecule is COC(=O)c1ccc(C(O)C2(C)[C@@H]3CCCCCC[C@@H]32)cc1. The van der Waals surface area contributed by atoms with Crippen molar-refractivity contribution >= 4 is 5.97 Å². The first-order valence-corrected chi connectivity index (χ1v) is 8.45. The van der Waals surface area contributed by atoms with Crippen molar-refractivity contribution in [2.24, 2.45) is 17.3 Å². The van der Waals surface area contributed by atoms with Crippen molar-refractivity contribution in [3.8, 4) is 0 Å². The minimum atomic E-state index is -0.438. The fraction of sp³-hybridized carbons (Fsp3) is 0.632. The molecule has 2 fully saturated rings. The molecule has 22 heavy (non-hydrogen) atoms. The molecule has 3 nitrogen and oxygen atoms in total. The quantitative estimate of drug-likeness (QED) is 0.855. The lowest BCUT2D eigenvalue weighted by Gasteiger charge is -2.21. The molecule has 2 saturated carbocycles. The third-order valence-corrected chi connectivity index (χ3v) is 5.99. The van der Waals surface area contributed by atoms with E-state index in [4.69, 9.17) is 4.74 Å². The number of rotatable bonds is 3. The molecule has 0 spiro atoms. The van der Waals surface area contributed by atoms with Gasteiger partial charge in [-0.25, -0.2) is 4.79 Å². The lowest BCUT2D eigenvalue weighted by Crippen LogP contribution is -2.14. The van der Waals surface area contributed by atoms with E-state index in [1.54, 1.807) is 12.1 Å². The molecule has 0 saturated heterocycles. The van der Waals surface area contributed by atoms with E-state index in [9.17, 15) is 9.90 Å². The third kappa shape index (κ3) is 2.56. The second-order valence-corrected chi connectivity index (χ2v) is 7.09. The highest BCUT2D eigenvalue weighted by Gasteiger charge is 2.63. The highest BCUT2D eigenvalue weighted by molar-refractivity contribution is 5.89. The summed E-state index contributed by atoms with van der Waals surface area (Å²) >= 11 is 0. The van der Waals surface area contributed by atoms with Crippen LogP contribution in [0.5, 0.6) is 0 Å². The van der Waals surface area contributed by atoms with Crippen LogP contribution in [0.2, 0.25) is 0 Å². The first kappa shape index (κ1) is 15.5. The standard InChI is InChI=1S/C19H26O3/c1-19(15-7-5-3-4-6-8-16(15)19)17(20)13-9-11-14(12-10-13)18(21)22-2/h9-12,15-17,20H,3-8H2,1-2H3/t15-,16+,17?,19?. The molecule has 4 atom stereocenters. The Morgan fingerprint density at radius 1 is 1.14 bits per heavy atom. The Balaban J connectivity index is 1.76. The number of methoxy groups -OCH3 is 1. The van der Waals surface area contributed by atoms with Crippen molar-refractivity contribution in [3.63, 3.8) is 0 Å². The zero-order chi connectivity index (χ0) is 15.7. The summed E-state index contributed by atoms with van der Waals surface area (Å²) in [4.78, 5) is 11.5. The van der Waals surface area contributed by atoms with Gasteiger partial charge in [-0.2, -0.15) is 0 Å². The summed E-state index contributed by atoms with van der Waals surface area (Å²) in [5, 5.41) is 10.9. The Kier molecular flexibility index (Phi) is 4.26. The van der Waals surface area contributed by atoms with E-state index in [0.717, 1.165) is 5.56 Å². The molecule has 1 N–H and O–H groups in total. The number of hydrogen-bond acceptors (Lipinski definition) is 3. The number of fused-ring (bicyclic) bond motifs is 1. The fourth-order valence-electron chi connectivity index (χ4n) is 4.51. The van der Waals surface area contributed by atoms with E-state index in [0.29, 0.717) is 17.4 Å². The van der Waals surface area contributed by atoms with Gasteiger partial charge in [0.15, 0.2) is 0 Å². The zero-order valence-corrected chi connectivity index (χ0v) is 13.5. The number of esters is 1. The van der Waals surface area contributed by atoms with Gasteiger partial charge in [0.1, 0.15) is 0 Å². The largest absolute Gasteiger partial charge is 0.465 e. The van der Waals surface area contributed by atoms with Gasteiger partial charge in [-0.3, -0.25) is 0 Å². The van der Waals surface area contributed by atoms with Crippen LogP contribution in [-0.2, 0) is 4.74 Å². The maximum absolute atomic E-state index is 11.5. The van der Waals surface area contributed by atoms with E-state index < -0.39 is 6.10 Å². The van der Waals surface area contributed by atoms with Crippen molar-refractivity contribution in [1.82, 2.24) is 0 Å². The summed E-state index contributed by atoms with van der Waals surface area (Å²) in [5.41, 5.74) is 1.46. The number of carbonyl (C=O) groups is 1. The van der Waals surface area contributed by atoms with E-state index >= 15 is 0 Å². The summed E-state index contributed by atoms with van der Waals surface area (Å²) in [7, 11) is 1.38. The topological polar surface area (TPSA) is 46.5 Å². The predicted molar refractivity (Wildman–Crippen MR) is 85.5 cm³/mol. The summed E-state index contributed by atoms with van der Waals surface area (Å²) in [6.07, 6.45) is 7.33. The van der Waals surface area contributed by atoms with Gasteiger partial charge in [-0.05, 0) is 42.4 Å². The fourth-order valence-corrected chi connectivity index (χ4v) is 4.51. The molecule has 0 aliphatic heterocycles. The predicted octanol–water partition coefficient (Wildman–Crippen LogP) is 4.11. The van der Waals surface area contributed by atoms with Gasteiger partial charge in [0.25, 0.3) is 0 Å². The number of carbonyl (C=O) groups excluding carboxylic acids is 1. The van der Waals surface area contributed by atoms with Crippen molar-refractivity contribution in [2.75, 3.05) is 7.11 Å². The van der Waals surface area contributed by atoms with Gasteiger partial charge in [0.05, 0.1) is 18.8 Å². The molecular weight excluding hydrogens is 276 g/mol. The smallest absolute Gasteiger partial charge is 0.337 e. The third-order valence-electron chi connectivity index (χ3n) is 5.99. The molecule has 2 unspecified atom stereocenters. The van der Waals surface area contributed by atoms with E-state index in [1.807, 2.05) is 12.1 Å². The van der Waals surface area contributed by atoms with Crippen LogP contribution in [0.4, 0.5) is 0 Å². The van der Waals surface area contributed by atoms with E-state index in [2.05, 4.69) is 6.92 Å². The van der Waals surface area contributed by atoms with E-state index in [-0.39, 0.29) is 11.4 Å². The molecule has 2 aliphatic rings. The number of aliphatic hydroxyl groups is 1. The van der Waals surface area contributed by atoms with Crippen LogP contribution in [0.3, 0.4) is 0 Å². The minimum Gasteiger partial charge on any atom is -0.465 e. The van der Waals surface area contributed by atoms with Crippen molar-refractivity contribution in [1.29, 1.82) is 0 Å². The Morgan fingerprint density at radius 2 is 1.68 bits per heavy atom. The van der Waals surface area contributed by atoms with Gasteiger partial charge >= 0.3 is 5.97 Å². The molecule has 0 amide bonds. The molecule has 3 rings (SSSR count). The lowest BCUT2D eigenvalue weighted by atomic mass is 9.89. The Bertz CT molecular complexity index is 520. The average molecular weight is 302 g/mol. The van der Waals surface area contributed by atoms with Crippen LogP contribution in [-0.4, -0.2) is 18.2 Å². The van der Waals surface area contributed by atoms with Crippen LogP contribution >= 0.6 is 0 Å². The Hall–Kier alpha value is -1.35. The number of aliphatic hydroxyl groups excluding tert-OH is 1. The number of benzene rings is 1. The van der Waals surface area contributed by atoms with Crippen LogP contribution < -0.4 is 0 Å². The summed E-state index contributed by atoms with van der Waals surface area (Å²) < 4.78 is 4.72. The second-order valence-electron chi connectivity index (χ2n) is 7.09. The van der Waals surface area contributed by atoms with Crippen LogP contribution in [0.15, 0.2) is 24.3 Å². The Labute approximate surface area is 132 Å². The van der Waals surface area contributed by atoms with Gasteiger partial charge < -0.3 is 9.84 Å². The first-order valence-electron chi connectivity index (χ1n) is 8.45. The first-order chi connectivity index (χ1) is 10.6. The molecule has 0 bridgehead atoms. The molecule has 0 radical (unpaired) electrons. The number of hydrogen-bond donors (Lipinski definition) is 1. The normalized spacial score (nSPS) is 32.3. The molecule has 2 aliphatic carbocycles. The average Bonchev–Trinajstić information content (AvgIpc) is 3.08. The second kappa shape index (κ2) is 6.04. The van der Waals surface area contributed by atoms with Gasteiger partial charge in [-0.15, -0.1) is 0 Å². The zero-order valence-electron chi connectivity index (χ0n) is 13.5. The molecule has 1 aromatic carbocycles. The Morgan fingerprint density at radius 3 is 2.18 bits per heavy atom. The maximum Gasteiger partial charge on any atom is 0.337 e. The van der Waals surface area contributed by atoms with Gasteiger partial charge in [0, 0.05) is 5.41 Å². The highest BCUT2D eigenvalue weighted by Crippen LogP contribution is 2.69. The lowest BCUT2D eigenvalue weighted by molar-refractivity contribution is 0.0600. The van der Waals surface area contributed by atoms with Crippen LogP contribution in [0, 0.1) is 17.3 Å². The molecule has 0 heterocycles.